The zero-order valence-electron chi connectivity index (χ0n) is 14.9. The summed E-state index contributed by atoms with van der Waals surface area (Å²) < 4.78 is -1.61. The molecule has 2 nitrogen and oxygen atoms in total. The second-order valence-corrected chi connectivity index (χ2v) is 10.5. The Kier molecular flexibility index (Phi) is 7.32. The fourth-order valence-corrected chi connectivity index (χ4v) is 3.96. The zero-order chi connectivity index (χ0) is 19.4. The maximum atomic E-state index is 12.6. The molecule has 0 saturated heterocycles. The molecule has 140 valence electrons. The average Bonchev–Trinajstić information content (AvgIpc) is 2.57. The lowest BCUT2D eigenvalue weighted by Gasteiger charge is -2.25. The fourth-order valence-electron chi connectivity index (χ4n) is 2.30. The highest BCUT2D eigenvalue weighted by molar-refractivity contribution is 7.99. The number of rotatable bonds is 5. The van der Waals surface area contributed by atoms with Crippen LogP contribution in [0.3, 0.4) is 0 Å². The number of thioether (sulfide) groups is 1. The summed E-state index contributed by atoms with van der Waals surface area (Å²) in [6.45, 7) is 6.38. The van der Waals surface area contributed by atoms with Crippen molar-refractivity contribution in [3.63, 3.8) is 0 Å². The van der Waals surface area contributed by atoms with Crippen LogP contribution in [0.1, 0.15) is 42.3 Å². The first-order valence-electron chi connectivity index (χ1n) is 8.21. The van der Waals surface area contributed by atoms with Crippen molar-refractivity contribution in [1.82, 2.24) is 5.32 Å². The Labute approximate surface area is 174 Å². The number of carbonyl (C=O) groups is 1. The van der Waals surface area contributed by atoms with Crippen LogP contribution in [0, 0.1) is 0 Å². The Balaban J connectivity index is 2.06. The Morgan fingerprint density at radius 3 is 2.08 bits per heavy atom. The van der Waals surface area contributed by atoms with E-state index in [0.29, 0.717) is 11.3 Å². The van der Waals surface area contributed by atoms with Gasteiger partial charge in [-0.3, -0.25) is 4.79 Å². The summed E-state index contributed by atoms with van der Waals surface area (Å²) in [5, 5.41) is 2.17. The Morgan fingerprint density at radius 1 is 1.00 bits per heavy atom. The van der Waals surface area contributed by atoms with Crippen molar-refractivity contribution < 1.29 is 4.79 Å². The summed E-state index contributed by atoms with van der Waals surface area (Å²) in [6, 6.07) is 17.4. The summed E-state index contributed by atoms with van der Waals surface area (Å²) in [7, 11) is 0. The quantitative estimate of drug-likeness (QED) is 0.442. The predicted octanol–water partition coefficient (Wildman–Crippen LogP) is 6.34. The molecule has 1 amide bonds. The van der Waals surface area contributed by atoms with Crippen LogP contribution in [0.25, 0.3) is 0 Å². The van der Waals surface area contributed by atoms with Gasteiger partial charge in [-0.15, -0.1) is 11.8 Å². The van der Waals surface area contributed by atoms with E-state index in [0.717, 1.165) is 11.1 Å². The second kappa shape index (κ2) is 8.88. The number of hydrogen-bond acceptors (Lipinski definition) is 2. The third kappa shape index (κ3) is 6.38. The molecule has 1 atom stereocenters. The molecule has 0 bridgehead atoms. The first-order chi connectivity index (χ1) is 12.1. The van der Waals surface area contributed by atoms with Crippen LogP contribution >= 0.6 is 46.6 Å². The molecule has 0 aliphatic rings. The lowest BCUT2D eigenvalue weighted by Crippen LogP contribution is -2.41. The van der Waals surface area contributed by atoms with E-state index in [-0.39, 0.29) is 11.3 Å². The number of nitrogens with one attached hydrogen (secondary N) is 1. The first-order valence-corrected chi connectivity index (χ1v) is 10.4. The largest absolute Gasteiger partial charge is 0.336 e. The molecule has 1 N–H and O–H groups in total. The maximum Gasteiger partial charge on any atom is 0.252 e. The molecule has 0 aliphatic heterocycles. The number of alkyl halides is 3. The van der Waals surface area contributed by atoms with Crippen molar-refractivity contribution in [2.75, 3.05) is 0 Å². The molecule has 0 radical (unpaired) electrons. The first kappa shape index (κ1) is 21.4. The molecule has 0 fully saturated rings. The summed E-state index contributed by atoms with van der Waals surface area (Å²) in [6.07, 6.45) is 0. The third-order valence-corrected chi connectivity index (χ3v) is 6.18. The van der Waals surface area contributed by atoms with Crippen LogP contribution in [0.2, 0.25) is 0 Å². The van der Waals surface area contributed by atoms with Crippen molar-refractivity contribution >= 4 is 52.5 Å². The molecule has 2 aromatic carbocycles. The number of halogens is 3. The van der Waals surface area contributed by atoms with Gasteiger partial charge in [-0.25, -0.2) is 0 Å². The molecule has 0 spiro atoms. The standard InChI is InChI=1S/C20H22Cl3NOS/c1-19(2,3)16-11-9-15(10-12-16)17(25)24-18(20(21,22)23)26-13-14-7-5-4-6-8-14/h4-12,18H,13H2,1-3H3,(H,24,25)/t18-/m1/s1. The molecule has 0 heterocycles. The van der Waals surface area contributed by atoms with E-state index < -0.39 is 9.17 Å². The lowest BCUT2D eigenvalue weighted by atomic mass is 9.87. The highest BCUT2D eigenvalue weighted by Crippen LogP contribution is 2.37. The second-order valence-electron chi connectivity index (χ2n) is 7.02. The van der Waals surface area contributed by atoms with E-state index in [1.165, 1.54) is 11.8 Å². The number of hydrogen-bond donors (Lipinski definition) is 1. The van der Waals surface area contributed by atoms with Gasteiger partial charge < -0.3 is 5.32 Å². The van der Waals surface area contributed by atoms with E-state index in [4.69, 9.17) is 34.8 Å². The highest BCUT2D eigenvalue weighted by atomic mass is 35.6. The zero-order valence-corrected chi connectivity index (χ0v) is 18.0. The van der Waals surface area contributed by atoms with Crippen molar-refractivity contribution in [3.8, 4) is 0 Å². The number of carbonyl (C=O) groups excluding carboxylic acids is 1. The van der Waals surface area contributed by atoms with Crippen LogP contribution < -0.4 is 5.32 Å². The topological polar surface area (TPSA) is 29.1 Å². The Morgan fingerprint density at radius 2 is 1.58 bits per heavy atom. The fraction of sp³-hybridized carbons (Fsp3) is 0.350. The van der Waals surface area contributed by atoms with E-state index in [2.05, 4.69) is 26.1 Å². The molecule has 26 heavy (non-hydrogen) atoms. The molecule has 2 aromatic rings. The van der Waals surface area contributed by atoms with Gasteiger partial charge in [-0.2, -0.15) is 0 Å². The normalized spacial score (nSPS) is 13.3. The lowest BCUT2D eigenvalue weighted by molar-refractivity contribution is 0.0950. The van der Waals surface area contributed by atoms with E-state index in [9.17, 15) is 4.79 Å². The van der Waals surface area contributed by atoms with Gasteiger partial charge >= 0.3 is 0 Å². The van der Waals surface area contributed by atoms with E-state index in [1.54, 1.807) is 12.1 Å². The van der Waals surface area contributed by atoms with Crippen molar-refractivity contribution in [1.29, 1.82) is 0 Å². The van der Waals surface area contributed by atoms with Crippen molar-refractivity contribution in [2.45, 2.75) is 41.1 Å². The molecule has 0 aromatic heterocycles. The van der Waals surface area contributed by atoms with Crippen LogP contribution in [0.15, 0.2) is 54.6 Å². The van der Waals surface area contributed by atoms with Gasteiger partial charge in [0.2, 0.25) is 3.79 Å². The smallest absolute Gasteiger partial charge is 0.252 e. The summed E-state index contributed by atoms with van der Waals surface area (Å²) in [4.78, 5) is 12.6. The number of amides is 1. The average molecular weight is 431 g/mol. The molecule has 0 unspecified atom stereocenters. The van der Waals surface area contributed by atoms with Gasteiger partial charge in [0.1, 0.15) is 5.37 Å². The minimum absolute atomic E-state index is 0.0284. The van der Waals surface area contributed by atoms with Gasteiger partial charge in [0.25, 0.3) is 5.91 Å². The third-order valence-electron chi connectivity index (χ3n) is 3.83. The molecule has 0 aliphatic carbocycles. The van der Waals surface area contributed by atoms with Gasteiger partial charge in [0.05, 0.1) is 0 Å². The SMILES string of the molecule is CC(C)(C)c1ccc(C(=O)N[C@H](SCc2ccccc2)C(Cl)(Cl)Cl)cc1. The Bertz CT molecular complexity index is 721. The summed E-state index contributed by atoms with van der Waals surface area (Å²) in [5.74, 6) is 0.366. The van der Waals surface area contributed by atoms with Crippen molar-refractivity contribution in [3.05, 3.63) is 71.3 Å². The van der Waals surface area contributed by atoms with Crippen molar-refractivity contribution in [2.24, 2.45) is 0 Å². The number of benzene rings is 2. The monoisotopic (exact) mass is 429 g/mol. The predicted molar refractivity (Wildman–Crippen MR) is 114 cm³/mol. The van der Waals surface area contributed by atoms with Gasteiger partial charge in [-0.05, 0) is 28.7 Å². The summed E-state index contributed by atoms with van der Waals surface area (Å²) in [5.41, 5.74) is 2.82. The van der Waals surface area contributed by atoms with Crippen LogP contribution in [0.5, 0.6) is 0 Å². The van der Waals surface area contributed by atoms with Crippen LogP contribution in [0.4, 0.5) is 0 Å². The summed E-state index contributed by atoms with van der Waals surface area (Å²) >= 11 is 19.6. The van der Waals surface area contributed by atoms with Gasteiger partial charge in [0, 0.05) is 11.3 Å². The highest BCUT2D eigenvalue weighted by Gasteiger charge is 2.34. The van der Waals surface area contributed by atoms with Gasteiger partial charge in [-0.1, -0.05) is 98.0 Å². The minimum Gasteiger partial charge on any atom is -0.336 e. The maximum absolute atomic E-state index is 12.6. The van der Waals surface area contributed by atoms with Gasteiger partial charge in [0.15, 0.2) is 0 Å². The molecular formula is C20H22Cl3NOS. The van der Waals surface area contributed by atoms with Crippen LogP contribution in [-0.2, 0) is 11.2 Å². The molecule has 0 saturated carbocycles. The molecular weight excluding hydrogens is 409 g/mol. The molecule has 6 heteroatoms. The van der Waals surface area contributed by atoms with Crippen LogP contribution in [-0.4, -0.2) is 15.1 Å². The Hall–Kier alpha value is -0.870. The minimum atomic E-state index is -1.61. The van der Waals surface area contributed by atoms with E-state index in [1.807, 2.05) is 42.5 Å². The van der Waals surface area contributed by atoms with E-state index >= 15 is 0 Å². The molecule has 2 rings (SSSR count).